The summed E-state index contributed by atoms with van der Waals surface area (Å²) in [6, 6.07) is 17.9. The van der Waals surface area contributed by atoms with Crippen LogP contribution in [0, 0.1) is 17.8 Å². The second kappa shape index (κ2) is 8.36. The molecule has 2 saturated carbocycles. The molecule has 3 aliphatic rings. The highest BCUT2D eigenvalue weighted by atomic mass is 16.4. The molecule has 2 fully saturated rings. The van der Waals surface area contributed by atoms with E-state index in [9.17, 15) is 9.90 Å². The summed E-state index contributed by atoms with van der Waals surface area (Å²) in [5.41, 5.74) is 4.94. The highest BCUT2D eigenvalue weighted by Crippen LogP contribution is 2.61. The minimum atomic E-state index is -0.665. The molecule has 2 heteroatoms. The van der Waals surface area contributed by atoms with Gasteiger partial charge < -0.3 is 5.11 Å². The fourth-order valence-electron chi connectivity index (χ4n) is 8.02. The van der Waals surface area contributed by atoms with Crippen LogP contribution < -0.4 is 0 Å². The Kier molecular flexibility index (Phi) is 5.68. The van der Waals surface area contributed by atoms with Gasteiger partial charge in [0.2, 0.25) is 0 Å². The topological polar surface area (TPSA) is 37.3 Å². The largest absolute Gasteiger partial charge is 0.481 e. The van der Waals surface area contributed by atoms with Crippen molar-refractivity contribution in [1.82, 2.24) is 0 Å². The first-order valence-corrected chi connectivity index (χ1v) is 12.9. The molecule has 0 spiro atoms. The lowest BCUT2D eigenvalue weighted by Crippen LogP contribution is -2.53. The zero-order chi connectivity index (χ0) is 22.3. The molecule has 1 N–H and O–H groups in total. The van der Waals surface area contributed by atoms with Gasteiger partial charge in [0.15, 0.2) is 0 Å². The second-order valence-electron chi connectivity index (χ2n) is 10.9. The van der Waals surface area contributed by atoms with Crippen LogP contribution >= 0.6 is 0 Å². The van der Waals surface area contributed by atoms with Gasteiger partial charge >= 0.3 is 5.97 Å². The first-order valence-electron chi connectivity index (χ1n) is 12.9. The number of carboxylic acids is 1. The summed E-state index contributed by atoms with van der Waals surface area (Å²) in [5.74, 6) is -0.131. The second-order valence-corrected chi connectivity index (χ2v) is 10.9. The van der Waals surface area contributed by atoms with Gasteiger partial charge in [0.05, 0.1) is 5.92 Å². The molecule has 0 radical (unpaired) electrons. The zero-order valence-electron chi connectivity index (χ0n) is 19.8. The van der Waals surface area contributed by atoms with E-state index in [1.54, 1.807) is 0 Å². The van der Waals surface area contributed by atoms with Crippen LogP contribution in [-0.2, 0) is 15.6 Å². The zero-order valence-corrected chi connectivity index (χ0v) is 19.8. The number of hydrogen-bond acceptors (Lipinski definition) is 1. The molecule has 0 saturated heterocycles. The molecule has 1 unspecified atom stereocenters. The monoisotopic (exact) mass is 430 g/mol. The predicted molar refractivity (Wildman–Crippen MR) is 130 cm³/mol. The highest BCUT2D eigenvalue weighted by molar-refractivity contribution is 5.76. The lowest BCUT2D eigenvalue weighted by atomic mass is 9.46. The van der Waals surface area contributed by atoms with E-state index in [1.807, 2.05) is 6.92 Å². The lowest BCUT2D eigenvalue weighted by Gasteiger charge is -2.56. The summed E-state index contributed by atoms with van der Waals surface area (Å²) < 4.78 is 0. The first-order chi connectivity index (χ1) is 15.5. The van der Waals surface area contributed by atoms with Crippen LogP contribution in [-0.4, -0.2) is 11.1 Å². The molecule has 1 atom stereocenters. The average Bonchev–Trinajstić information content (AvgIpc) is 2.85. The van der Waals surface area contributed by atoms with Gasteiger partial charge in [0, 0.05) is 10.8 Å². The normalized spacial score (nSPS) is 29.7. The number of carbonyl (C=O) groups is 1. The standard InChI is InChI=1S/C30H38O2/c1-21(28(31)32)30(23-15-7-4-8-16-23)26-19-11-9-17-24(26)29(2,22-13-5-3-6-14-22)25-18-10-12-20-27(25)30/h9-12,17-23H,3-8,13-16H2,1-2H3,(H,31,32). The van der Waals surface area contributed by atoms with Crippen molar-refractivity contribution >= 4 is 5.97 Å². The van der Waals surface area contributed by atoms with Crippen molar-refractivity contribution in [1.29, 1.82) is 0 Å². The summed E-state index contributed by atoms with van der Waals surface area (Å²) in [6.07, 6.45) is 12.4. The molecule has 0 amide bonds. The molecular weight excluding hydrogens is 392 g/mol. The van der Waals surface area contributed by atoms with E-state index < -0.39 is 17.3 Å². The van der Waals surface area contributed by atoms with E-state index >= 15 is 0 Å². The van der Waals surface area contributed by atoms with E-state index in [1.165, 1.54) is 73.6 Å². The van der Waals surface area contributed by atoms with Crippen LogP contribution in [0.4, 0.5) is 0 Å². The van der Waals surface area contributed by atoms with Gasteiger partial charge in [-0.2, -0.15) is 0 Å². The van der Waals surface area contributed by atoms with Crippen molar-refractivity contribution < 1.29 is 9.90 Å². The Bertz CT molecular complexity index is 930. The third-order valence-electron chi connectivity index (χ3n) is 9.59. The smallest absolute Gasteiger partial charge is 0.307 e. The quantitative estimate of drug-likeness (QED) is 0.546. The minimum absolute atomic E-state index is 0.0516. The molecule has 3 aliphatic carbocycles. The summed E-state index contributed by atoms with van der Waals surface area (Å²) in [7, 11) is 0. The fraction of sp³-hybridized carbons (Fsp3) is 0.567. The van der Waals surface area contributed by atoms with Crippen molar-refractivity contribution in [3.05, 3.63) is 70.8 Å². The molecule has 2 aromatic carbocycles. The highest BCUT2D eigenvalue weighted by Gasteiger charge is 2.57. The Morgan fingerprint density at radius 2 is 1.16 bits per heavy atom. The maximum Gasteiger partial charge on any atom is 0.307 e. The lowest BCUT2D eigenvalue weighted by molar-refractivity contribution is -0.144. The van der Waals surface area contributed by atoms with Crippen molar-refractivity contribution in [2.24, 2.45) is 17.8 Å². The van der Waals surface area contributed by atoms with Crippen LogP contribution in [0.2, 0.25) is 0 Å². The average molecular weight is 431 g/mol. The summed E-state index contributed by atoms with van der Waals surface area (Å²) in [5, 5.41) is 10.5. The van der Waals surface area contributed by atoms with E-state index in [-0.39, 0.29) is 5.41 Å². The van der Waals surface area contributed by atoms with Crippen molar-refractivity contribution in [3.8, 4) is 0 Å². The minimum Gasteiger partial charge on any atom is -0.481 e. The molecule has 170 valence electrons. The number of hydrogen-bond donors (Lipinski definition) is 1. The number of carboxylic acid groups (broad SMARTS) is 1. The van der Waals surface area contributed by atoms with Gasteiger partial charge in [0.1, 0.15) is 0 Å². The molecule has 0 aliphatic heterocycles. The van der Waals surface area contributed by atoms with Crippen LogP contribution in [0.25, 0.3) is 0 Å². The SMILES string of the molecule is CC(C(=O)O)C1(C2CCCCC2)c2ccccc2C(C)(C2CCCCC2)c2ccccc21. The van der Waals surface area contributed by atoms with Crippen molar-refractivity contribution in [3.63, 3.8) is 0 Å². The number of rotatable bonds is 4. The third kappa shape index (κ3) is 3.01. The Hall–Kier alpha value is -2.09. The fourth-order valence-corrected chi connectivity index (χ4v) is 8.02. The van der Waals surface area contributed by atoms with Crippen LogP contribution in [0.5, 0.6) is 0 Å². The van der Waals surface area contributed by atoms with E-state index in [4.69, 9.17) is 0 Å². The van der Waals surface area contributed by atoms with Gasteiger partial charge in [-0.05, 0) is 59.8 Å². The van der Waals surface area contributed by atoms with Crippen LogP contribution in [0.3, 0.4) is 0 Å². The molecule has 2 nitrogen and oxygen atoms in total. The van der Waals surface area contributed by atoms with E-state index in [0.29, 0.717) is 11.8 Å². The maximum absolute atomic E-state index is 12.7. The Balaban J connectivity index is 1.83. The maximum atomic E-state index is 12.7. The number of aliphatic carboxylic acids is 1. The molecule has 2 aromatic rings. The van der Waals surface area contributed by atoms with Gasteiger partial charge in [-0.3, -0.25) is 4.79 Å². The van der Waals surface area contributed by atoms with E-state index in [2.05, 4.69) is 55.5 Å². The third-order valence-corrected chi connectivity index (χ3v) is 9.59. The van der Waals surface area contributed by atoms with Crippen molar-refractivity contribution in [2.75, 3.05) is 0 Å². The van der Waals surface area contributed by atoms with E-state index in [0.717, 1.165) is 12.8 Å². The Morgan fingerprint density at radius 1 is 0.750 bits per heavy atom. The molecule has 32 heavy (non-hydrogen) atoms. The molecule has 0 heterocycles. The molecule has 0 aromatic heterocycles. The number of fused-ring (bicyclic) bond motifs is 2. The summed E-state index contributed by atoms with van der Waals surface area (Å²) >= 11 is 0. The van der Waals surface area contributed by atoms with Crippen LogP contribution in [0.15, 0.2) is 48.5 Å². The van der Waals surface area contributed by atoms with Gasteiger partial charge in [-0.25, -0.2) is 0 Å². The van der Waals surface area contributed by atoms with Gasteiger partial charge in [-0.15, -0.1) is 0 Å². The van der Waals surface area contributed by atoms with Crippen LogP contribution in [0.1, 0.15) is 100 Å². The summed E-state index contributed by atoms with van der Waals surface area (Å²) in [6.45, 7) is 4.45. The van der Waals surface area contributed by atoms with Crippen molar-refractivity contribution in [2.45, 2.75) is 88.9 Å². The molecule has 0 bridgehead atoms. The van der Waals surface area contributed by atoms with Gasteiger partial charge in [0.25, 0.3) is 0 Å². The summed E-state index contributed by atoms with van der Waals surface area (Å²) in [4.78, 5) is 12.7. The predicted octanol–water partition coefficient (Wildman–Crippen LogP) is 7.47. The Labute approximate surface area is 193 Å². The molecular formula is C30H38O2. The Morgan fingerprint density at radius 3 is 1.59 bits per heavy atom. The first kappa shape index (κ1) is 21.7. The number of benzene rings is 2. The van der Waals surface area contributed by atoms with Gasteiger partial charge in [-0.1, -0.05) is 101 Å². The molecule has 5 rings (SSSR count).